The van der Waals surface area contributed by atoms with Gasteiger partial charge in [0.15, 0.2) is 5.96 Å². The van der Waals surface area contributed by atoms with Gasteiger partial charge >= 0.3 is 0 Å². The minimum absolute atomic E-state index is 0. The molecule has 1 saturated heterocycles. The molecule has 0 saturated carbocycles. The van der Waals surface area contributed by atoms with Crippen molar-refractivity contribution < 1.29 is 0 Å². The summed E-state index contributed by atoms with van der Waals surface area (Å²) >= 11 is 1.51. The van der Waals surface area contributed by atoms with Crippen LogP contribution in [0.2, 0.25) is 0 Å². The number of aromatic nitrogens is 2. The largest absolute Gasteiger partial charge is 0.364 e. The van der Waals surface area contributed by atoms with Crippen molar-refractivity contribution in [2.24, 2.45) is 4.99 Å². The van der Waals surface area contributed by atoms with E-state index in [1.165, 1.54) is 22.8 Å². The minimum Gasteiger partial charge on any atom is -0.364 e. The molecular weight excluding hydrogens is 509 g/mol. The number of piperazine rings is 1. The molecule has 2 aliphatic rings. The van der Waals surface area contributed by atoms with Crippen LogP contribution in [0.3, 0.4) is 0 Å². The van der Waals surface area contributed by atoms with Crippen LogP contribution in [0.4, 0.5) is 10.8 Å². The number of aryl methyl sites for hydroxylation is 1. The highest BCUT2D eigenvalue weighted by Crippen LogP contribution is 2.20. The number of hydrogen-bond donors (Lipinski definition) is 1. The van der Waals surface area contributed by atoms with E-state index in [4.69, 9.17) is 0 Å². The van der Waals surface area contributed by atoms with Gasteiger partial charge in [-0.25, -0.2) is 4.98 Å². The lowest BCUT2D eigenvalue weighted by Gasteiger charge is -2.36. The first-order chi connectivity index (χ1) is 14.3. The third kappa shape index (κ3) is 5.42. The third-order valence-electron chi connectivity index (χ3n) is 5.41. The van der Waals surface area contributed by atoms with E-state index in [1.807, 2.05) is 7.05 Å². The Morgan fingerprint density at radius 2 is 1.77 bits per heavy atom. The van der Waals surface area contributed by atoms with Gasteiger partial charge in [-0.05, 0) is 17.7 Å². The summed E-state index contributed by atoms with van der Waals surface area (Å²) < 4.78 is 4.41. The van der Waals surface area contributed by atoms with Gasteiger partial charge in [0.1, 0.15) is 5.82 Å². The Labute approximate surface area is 200 Å². The fourth-order valence-corrected chi connectivity index (χ4v) is 4.45. The molecule has 7 nitrogen and oxygen atoms in total. The maximum atomic E-state index is 4.62. The molecule has 0 bridgehead atoms. The van der Waals surface area contributed by atoms with Gasteiger partial charge in [0.25, 0.3) is 0 Å². The van der Waals surface area contributed by atoms with Crippen LogP contribution in [0.15, 0.2) is 41.4 Å². The molecule has 2 aromatic rings. The molecule has 0 radical (unpaired) electrons. The van der Waals surface area contributed by atoms with Crippen molar-refractivity contribution in [2.45, 2.75) is 19.9 Å². The molecule has 0 aliphatic carbocycles. The predicted octanol–water partition coefficient (Wildman–Crippen LogP) is 2.99. The van der Waals surface area contributed by atoms with Gasteiger partial charge in [0, 0.05) is 76.5 Å². The highest BCUT2D eigenvalue weighted by molar-refractivity contribution is 14.0. The molecule has 30 heavy (non-hydrogen) atoms. The summed E-state index contributed by atoms with van der Waals surface area (Å²) in [6.07, 6.45) is 5.32. The van der Waals surface area contributed by atoms with E-state index in [9.17, 15) is 0 Å². The molecule has 3 heterocycles. The van der Waals surface area contributed by atoms with E-state index < -0.39 is 0 Å². The van der Waals surface area contributed by atoms with Crippen LogP contribution in [0.5, 0.6) is 0 Å². The van der Waals surface area contributed by atoms with Crippen LogP contribution in [-0.2, 0) is 13.0 Å². The summed E-state index contributed by atoms with van der Waals surface area (Å²) in [5, 5.41) is 4.56. The molecule has 0 unspecified atom stereocenters. The van der Waals surface area contributed by atoms with E-state index in [2.05, 4.69) is 77.7 Å². The predicted molar refractivity (Wildman–Crippen MR) is 136 cm³/mol. The van der Waals surface area contributed by atoms with Crippen molar-refractivity contribution in [3.8, 4) is 0 Å². The van der Waals surface area contributed by atoms with Crippen molar-refractivity contribution in [1.29, 1.82) is 0 Å². The van der Waals surface area contributed by atoms with Crippen molar-refractivity contribution in [1.82, 2.24) is 19.6 Å². The molecule has 0 amide bonds. The Hall–Kier alpha value is -1.88. The Bertz CT molecular complexity index is 848. The number of rotatable bonds is 5. The summed E-state index contributed by atoms with van der Waals surface area (Å²) in [5.41, 5.74) is 2.55. The number of anilines is 2. The van der Waals surface area contributed by atoms with Crippen LogP contribution in [0.1, 0.15) is 18.3 Å². The summed E-state index contributed by atoms with van der Waals surface area (Å²) in [6, 6.07) is 8.82. The second-order valence-electron chi connectivity index (χ2n) is 7.26. The van der Waals surface area contributed by atoms with E-state index in [-0.39, 0.29) is 24.0 Å². The van der Waals surface area contributed by atoms with Gasteiger partial charge in [-0.2, -0.15) is 4.37 Å². The zero-order chi connectivity index (χ0) is 20.1. The maximum absolute atomic E-state index is 4.62. The fourth-order valence-electron chi connectivity index (χ4n) is 3.65. The van der Waals surface area contributed by atoms with Crippen molar-refractivity contribution >= 4 is 52.3 Å². The number of guanidine groups is 1. The van der Waals surface area contributed by atoms with E-state index in [1.54, 1.807) is 0 Å². The maximum Gasteiger partial charge on any atom is 0.205 e. The molecule has 1 fully saturated rings. The smallest absolute Gasteiger partial charge is 0.205 e. The van der Waals surface area contributed by atoms with Gasteiger partial charge in [-0.1, -0.05) is 31.2 Å². The van der Waals surface area contributed by atoms with Crippen LogP contribution in [0.25, 0.3) is 0 Å². The molecule has 0 atom stereocenters. The summed E-state index contributed by atoms with van der Waals surface area (Å²) in [6.45, 7) is 8.64. The minimum atomic E-state index is 0. The summed E-state index contributed by atoms with van der Waals surface area (Å²) in [4.78, 5) is 16.1. The third-order valence-corrected chi connectivity index (χ3v) is 6.22. The lowest BCUT2D eigenvalue weighted by atomic mass is 10.2. The highest BCUT2D eigenvalue weighted by Gasteiger charge is 2.22. The van der Waals surface area contributed by atoms with Gasteiger partial charge < -0.3 is 20.0 Å². The molecular formula is C21H30IN7S. The number of halogens is 1. The first-order valence-electron chi connectivity index (χ1n) is 10.3. The Kier molecular flexibility index (Phi) is 8.32. The second kappa shape index (κ2) is 10.9. The SMILES string of the molecule is CCc1nsc(N2CCN(C(=NC)NCc3ccc(N4CC=CC4)cc3)CC2)n1.I. The number of nitrogens with one attached hydrogen (secondary N) is 1. The normalized spacial score (nSPS) is 16.7. The van der Waals surface area contributed by atoms with Crippen LogP contribution >= 0.6 is 35.5 Å². The first kappa shape index (κ1) is 22.8. The first-order valence-corrected chi connectivity index (χ1v) is 11.1. The van der Waals surface area contributed by atoms with Crippen LogP contribution < -0.4 is 15.1 Å². The lowest BCUT2D eigenvalue weighted by molar-refractivity contribution is 0.372. The Morgan fingerprint density at radius 1 is 1.07 bits per heavy atom. The number of benzene rings is 1. The zero-order valence-electron chi connectivity index (χ0n) is 17.6. The quantitative estimate of drug-likeness (QED) is 0.273. The summed E-state index contributed by atoms with van der Waals surface area (Å²) in [7, 11) is 1.86. The molecule has 9 heteroatoms. The second-order valence-corrected chi connectivity index (χ2v) is 7.99. The Balaban J connectivity index is 0.00000256. The van der Waals surface area contributed by atoms with Crippen molar-refractivity contribution in [2.75, 3.05) is 56.1 Å². The van der Waals surface area contributed by atoms with Crippen molar-refractivity contribution in [3.05, 3.63) is 47.8 Å². The number of aliphatic imine (C=N–C) groups is 1. The standard InChI is InChI=1S/C21H29N7S.HI/c1-3-19-24-21(29-25-19)28-14-12-27(13-15-28)20(22-2)23-16-17-6-8-18(9-7-17)26-10-4-5-11-26;/h4-9H,3,10-16H2,1-2H3,(H,22,23);1H. The molecule has 162 valence electrons. The molecule has 2 aliphatic heterocycles. The zero-order valence-corrected chi connectivity index (χ0v) is 20.8. The molecule has 0 spiro atoms. The average Bonchev–Trinajstić information content (AvgIpc) is 3.47. The number of nitrogens with zero attached hydrogens (tertiary/aromatic N) is 6. The van der Waals surface area contributed by atoms with E-state index in [0.717, 1.165) is 69.1 Å². The summed E-state index contributed by atoms with van der Waals surface area (Å²) in [5.74, 6) is 1.90. The monoisotopic (exact) mass is 539 g/mol. The number of hydrogen-bond acceptors (Lipinski definition) is 6. The van der Waals surface area contributed by atoms with E-state index >= 15 is 0 Å². The van der Waals surface area contributed by atoms with Gasteiger partial charge in [-0.3, -0.25) is 4.99 Å². The lowest BCUT2D eigenvalue weighted by Crippen LogP contribution is -2.52. The topological polar surface area (TPSA) is 59.9 Å². The van der Waals surface area contributed by atoms with Gasteiger partial charge in [-0.15, -0.1) is 24.0 Å². The Morgan fingerprint density at radius 3 is 2.37 bits per heavy atom. The molecule has 4 rings (SSSR count). The highest BCUT2D eigenvalue weighted by atomic mass is 127. The van der Waals surface area contributed by atoms with E-state index in [0.29, 0.717) is 0 Å². The van der Waals surface area contributed by atoms with Crippen LogP contribution in [-0.4, -0.2) is 66.5 Å². The van der Waals surface area contributed by atoms with Crippen LogP contribution in [0, 0.1) is 0 Å². The average molecular weight is 539 g/mol. The fraction of sp³-hybridized carbons (Fsp3) is 0.476. The molecule has 1 N–H and O–H groups in total. The molecule has 1 aromatic carbocycles. The van der Waals surface area contributed by atoms with Gasteiger partial charge in [0.2, 0.25) is 5.13 Å². The molecule has 1 aromatic heterocycles. The van der Waals surface area contributed by atoms with Gasteiger partial charge in [0.05, 0.1) is 0 Å². The van der Waals surface area contributed by atoms with Crippen molar-refractivity contribution in [3.63, 3.8) is 0 Å².